The van der Waals surface area contributed by atoms with E-state index in [4.69, 9.17) is 11.6 Å². The van der Waals surface area contributed by atoms with E-state index in [0.717, 1.165) is 29.8 Å². The highest BCUT2D eigenvalue weighted by Crippen LogP contribution is 2.24. The molecular weight excluding hydrogens is 344 g/mol. The molecule has 0 bridgehead atoms. The van der Waals surface area contributed by atoms with E-state index in [1.165, 1.54) is 8.66 Å². The van der Waals surface area contributed by atoms with Gasteiger partial charge in [-0.3, -0.25) is 0 Å². The highest BCUT2D eigenvalue weighted by molar-refractivity contribution is 9.11. The van der Waals surface area contributed by atoms with E-state index >= 15 is 0 Å². The maximum atomic E-state index is 6.00. The van der Waals surface area contributed by atoms with Crippen LogP contribution in [-0.2, 0) is 18.8 Å². The quantitative estimate of drug-likeness (QED) is 0.612. The lowest BCUT2D eigenvalue weighted by atomic mass is 10.3. The molecule has 0 aliphatic carbocycles. The van der Waals surface area contributed by atoms with Gasteiger partial charge in [-0.15, -0.1) is 22.9 Å². The van der Waals surface area contributed by atoms with Gasteiger partial charge in [0.1, 0.15) is 5.82 Å². The molecule has 2 aromatic heterocycles. The first-order valence-electron chi connectivity index (χ1n) is 6.02. The van der Waals surface area contributed by atoms with Crippen LogP contribution >= 0.6 is 38.9 Å². The molecule has 1 aromatic carbocycles. The van der Waals surface area contributed by atoms with Crippen molar-refractivity contribution in [3.63, 3.8) is 0 Å². The van der Waals surface area contributed by atoms with Crippen molar-refractivity contribution in [1.29, 1.82) is 0 Å². The van der Waals surface area contributed by atoms with Crippen molar-refractivity contribution in [1.82, 2.24) is 9.55 Å². The lowest BCUT2D eigenvalue weighted by molar-refractivity contribution is 0.693. The monoisotopic (exact) mass is 354 g/mol. The Morgan fingerprint density at radius 2 is 2.05 bits per heavy atom. The Bertz CT molecular complexity index is 704. The van der Waals surface area contributed by atoms with Crippen LogP contribution in [0.4, 0.5) is 0 Å². The van der Waals surface area contributed by atoms with E-state index in [9.17, 15) is 0 Å². The van der Waals surface area contributed by atoms with Crippen LogP contribution in [0.15, 0.2) is 40.2 Å². The highest BCUT2D eigenvalue weighted by Gasteiger charge is 2.09. The summed E-state index contributed by atoms with van der Waals surface area (Å²) in [6, 6.07) is 12.4. The Balaban J connectivity index is 1.90. The van der Waals surface area contributed by atoms with Gasteiger partial charge in [0.25, 0.3) is 0 Å². The largest absolute Gasteiger partial charge is 0.327 e. The highest BCUT2D eigenvalue weighted by atomic mass is 79.9. The molecule has 0 amide bonds. The zero-order valence-corrected chi connectivity index (χ0v) is 13.3. The first-order chi connectivity index (χ1) is 9.28. The summed E-state index contributed by atoms with van der Waals surface area (Å²) in [6.45, 7) is 0.912. The smallest absolute Gasteiger partial charge is 0.124 e. The van der Waals surface area contributed by atoms with Crippen molar-refractivity contribution in [3.05, 3.63) is 50.9 Å². The van der Waals surface area contributed by atoms with Gasteiger partial charge in [0.2, 0.25) is 0 Å². The maximum absolute atomic E-state index is 6.00. The number of benzene rings is 1. The van der Waals surface area contributed by atoms with Gasteiger partial charge in [-0.05, 0) is 46.6 Å². The molecule has 19 heavy (non-hydrogen) atoms. The first kappa shape index (κ1) is 13.2. The molecule has 2 nitrogen and oxygen atoms in total. The third-order valence-electron chi connectivity index (χ3n) is 3.06. The molecule has 3 aromatic rings. The van der Waals surface area contributed by atoms with E-state index in [1.54, 1.807) is 11.3 Å². The van der Waals surface area contributed by atoms with Crippen LogP contribution in [0, 0.1) is 0 Å². The van der Waals surface area contributed by atoms with E-state index in [-0.39, 0.29) is 0 Å². The zero-order valence-electron chi connectivity index (χ0n) is 10.1. The van der Waals surface area contributed by atoms with Gasteiger partial charge < -0.3 is 4.57 Å². The second-order valence-electron chi connectivity index (χ2n) is 4.26. The second kappa shape index (κ2) is 5.65. The molecule has 0 saturated carbocycles. The summed E-state index contributed by atoms with van der Waals surface area (Å²) >= 11 is 11.3. The van der Waals surface area contributed by atoms with Crippen LogP contribution < -0.4 is 0 Å². The molecule has 0 radical (unpaired) electrons. The lowest BCUT2D eigenvalue weighted by Crippen LogP contribution is -2.04. The predicted octanol–water partition coefficient (Wildman–Crippen LogP) is 4.84. The molecule has 0 aliphatic heterocycles. The summed E-state index contributed by atoms with van der Waals surface area (Å²) in [4.78, 5) is 5.94. The maximum Gasteiger partial charge on any atom is 0.124 e. The molecule has 0 N–H and O–H groups in total. The number of alkyl halides is 1. The Morgan fingerprint density at radius 3 is 2.79 bits per heavy atom. The third kappa shape index (κ3) is 2.71. The molecule has 2 heterocycles. The number of aromatic nitrogens is 2. The third-order valence-corrected chi connectivity index (χ3v) is 4.99. The summed E-state index contributed by atoms with van der Waals surface area (Å²) in [5.74, 6) is 1.39. The minimum atomic E-state index is 0.447. The number of hydrogen-bond acceptors (Lipinski definition) is 2. The Hall–Kier alpha value is -0.840. The molecule has 98 valence electrons. The van der Waals surface area contributed by atoms with Gasteiger partial charge in [-0.2, -0.15) is 0 Å². The van der Waals surface area contributed by atoms with Crippen molar-refractivity contribution in [2.24, 2.45) is 0 Å². The SMILES string of the molecule is ClCc1nc2ccccc2n1CCc1ccc(Br)s1. The molecule has 0 aliphatic rings. The van der Waals surface area contributed by atoms with Gasteiger partial charge >= 0.3 is 0 Å². The summed E-state index contributed by atoms with van der Waals surface area (Å²) in [6.07, 6.45) is 1.00. The average molecular weight is 356 g/mol. The Labute approximate surface area is 129 Å². The Morgan fingerprint density at radius 1 is 1.21 bits per heavy atom. The summed E-state index contributed by atoms with van der Waals surface area (Å²) in [5, 5.41) is 0. The van der Waals surface area contributed by atoms with E-state index in [2.05, 4.69) is 43.7 Å². The molecule has 0 atom stereocenters. The van der Waals surface area contributed by atoms with Crippen molar-refractivity contribution in [3.8, 4) is 0 Å². The number of thiophene rings is 1. The second-order valence-corrected chi connectivity index (χ2v) is 7.07. The van der Waals surface area contributed by atoms with Crippen LogP contribution in [0.25, 0.3) is 11.0 Å². The molecule has 0 fully saturated rings. The standard InChI is InChI=1S/C14H12BrClN2S/c15-13-6-5-10(19-13)7-8-18-12-4-2-1-3-11(12)17-14(18)9-16/h1-6H,7-9H2. The van der Waals surface area contributed by atoms with Gasteiger partial charge in [0.15, 0.2) is 0 Å². The number of aryl methyl sites for hydroxylation is 2. The summed E-state index contributed by atoms with van der Waals surface area (Å²) in [5.41, 5.74) is 2.18. The van der Waals surface area contributed by atoms with Gasteiger partial charge in [-0.25, -0.2) is 4.98 Å². The van der Waals surface area contributed by atoms with Crippen molar-refractivity contribution in [2.45, 2.75) is 18.8 Å². The van der Waals surface area contributed by atoms with Crippen LogP contribution in [0.2, 0.25) is 0 Å². The van der Waals surface area contributed by atoms with Crippen LogP contribution in [0.1, 0.15) is 10.7 Å². The van der Waals surface area contributed by atoms with Gasteiger partial charge in [0.05, 0.1) is 20.7 Å². The van der Waals surface area contributed by atoms with E-state index in [1.807, 2.05) is 18.2 Å². The minimum Gasteiger partial charge on any atom is -0.327 e. The fourth-order valence-electron chi connectivity index (χ4n) is 2.19. The number of imidazole rings is 1. The summed E-state index contributed by atoms with van der Waals surface area (Å²) < 4.78 is 3.39. The molecule has 0 unspecified atom stereocenters. The molecule has 0 spiro atoms. The number of fused-ring (bicyclic) bond motifs is 1. The van der Waals surface area contributed by atoms with Crippen LogP contribution in [0.3, 0.4) is 0 Å². The van der Waals surface area contributed by atoms with Gasteiger partial charge in [0, 0.05) is 11.4 Å². The van der Waals surface area contributed by atoms with Gasteiger partial charge in [-0.1, -0.05) is 12.1 Å². The number of rotatable bonds is 4. The molecule has 3 rings (SSSR count). The topological polar surface area (TPSA) is 17.8 Å². The number of para-hydroxylation sites is 2. The van der Waals surface area contributed by atoms with Crippen LogP contribution in [0.5, 0.6) is 0 Å². The first-order valence-corrected chi connectivity index (χ1v) is 8.16. The predicted molar refractivity (Wildman–Crippen MR) is 85.0 cm³/mol. The molecule has 0 saturated heterocycles. The van der Waals surface area contributed by atoms with Crippen LogP contribution in [-0.4, -0.2) is 9.55 Å². The normalized spacial score (nSPS) is 11.3. The fraction of sp³-hybridized carbons (Fsp3) is 0.214. The molecular formula is C14H12BrClN2S. The van der Waals surface area contributed by atoms with E-state index in [0.29, 0.717) is 5.88 Å². The number of halogens is 2. The lowest BCUT2D eigenvalue weighted by Gasteiger charge is -2.06. The van der Waals surface area contributed by atoms with Crippen molar-refractivity contribution >= 4 is 49.9 Å². The fourth-order valence-corrected chi connectivity index (χ4v) is 3.86. The minimum absolute atomic E-state index is 0.447. The number of nitrogens with zero attached hydrogens (tertiary/aromatic N) is 2. The average Bonchev–Trinajstić information content (AvgIpc) is 2.99. The van der Waals surface area contributed by atoms with E-state index < -0.39 is 0 Å². The molecule has 5 heteroatoms. The Kier molecular flexibility index (Phi) is 3.91. The number of hydrogen-bond donors (Lipinski definition) is 0. The van der Waals surface area contributed by atoms with Crippen molar-refractivity contribution < 1.29 is 0 Å². The van der Waals surface area contributed by atoms with Crippen molar-refractivity contribution in [2.75, 3.05) is 0 Å². The zero-order chi connectivity index (χ0) is 13.2. The summed E-state index contributed by atoms with van der Waals surface area (Å²) in [7, 11) is 0.